The molecule has 140 valence electrons. The van der Waals surface area contributed by atoms with Crippen LogP contribution in [0.1, 0.15) is 22.3 Å². The van der Waals surface area contributed by atoms with Crippen LogP contribution in [0.2, 0.25) is 0 Å². The van der Waals surface area contributed by atoms with E-state index < -0.39 is 5.97 Å². The van der Waals surface area contributed by atoms with Crippen LogP contribution >= 0.6 is 0 Å². The van der Waals surface area contributed by atoms with Gasteiger partial charge in [0.25, 0.3) is 0 Å². The molecule has 1 saturated carbocycles. The average Bonchev–Trinajstić information content (AvgIpc) is 3.37. The maximum Gasteiger partial charge on any atom is 0.343 e. The van der Waals surface area contributed by atoms with E-state index in [2.05, 4.69) is 12.2 Å². The number of nitrogens with zero attached hydrogens (tertiary/aromatic N) is 1. The number of esters is 1. The third-order valence-corrected chi connectivity index (χ3v) is 6.11. The fourth-order valence-electron chi connectivity index (χ4n) is 4.76. The lowest BCUT2D eigenvalue weighted by Crippen LogP contribution is -2.33. The molecule has 4 unspecified atom stereocenters. The normalized spacial score (nSPS) is 27.4. The fraction of sp³-hybridized carbons (Fsp3) is 0.261. The van der Waals surface area contributed by atoms with Gasteiger partial charge in [-0.2, -0.15) is 0 Å². The minimum Gasteiger partial charge on any atom is -0.423 e. The first-order valence-electron chi connectivity index (χ1n) is 9.48. The Hall–Kier alpha value is -3.21. The van der Waals surface area contributed by atoms with E-state index >= 15 is 0 Å². The lowest BCUT2D eigenvalue weighted by molar-refractivity contribution is -0.123. The summed E-state index contributed by atoms with van der Waals surface area (Å²) < 4.78 is 5.48. The molecule has 4 atom stereocenters. The van der Waals surface area contributed by atoms with Gasteiger partial charge in [0, 0.05) is 0 Å². The molecule has 0 aromatic heterocycles. The molecule has 1 saturated heterocycles. The van der Waals surface area contributed by atoms with Gasteiger partial charge in [0.15, 0.2) is 0 Å². The number of hydrogen-bond acceptors (Lipinski definition) is 4. The molecule has 0 radical (unpaired) electrons. The maximum atomic E-state index is 13.0. The van der Waals surface area contributed by atoms with Gasteiger partial charge in [0.2, 0.25) is 11.8 Å². The molecule has 2 aromatic rings. The first kappa shape index (κ1) is 16.9. The standard InChI is InChI=1S/C23H19NO4/c1-13-5-2-3-8-18(13)28-23(27)16-6-4-7-17(12-16)24-21(25)19-14-9-10-15(11-14)20(19)22(24)26/h2-10,12,14-15,19-20H,11H2,1H3. The molecule has 1 heterocycles. The molecule has 2 aromatic carbocycles. The van der Waals surface area contributed by atoms with Gasteiger partial charge in [-0.3, -0.25) is 9.59 Å². The molecule has 0 spiro atoms. The largest absolute Gasteiger partial charge is 0.423 e. The van der Waals surface area contributed by atoms with Crippen LogP contribution < -0.4 is 9.64 Å². The number of hydrogen-bond donors (Lipinski definition) is 0. The van der Waals surface area contributed by atoms with Crippen LogP contribution in [0, 0.1) is 30.6 Å². The Kier molecular flexibility index (Phi) is 3.72. The van der Waals surface area contributed by atoms with Crippen molar-refractivity contribution in [3.05, 3.63) is 71.8 Å². The van der Waals surface area contributed by atoms with E-state index in [9.17, 15) is 14.4 Å². The number of anilines is 1. The van der Waals surface area contributed by atoms with Crippen molar-refractivity contribution in [2.75, 3.05) is 4.90 Å². The van der Waals surface area contributed by atoms with Gasteiger partial charge in [-0.05, 0) is 55.0 Å². The molecule has 2 bridgehead atoms. The van der Waals surface area contributed by atoms with E-state index in [4.69, 9.17) is 4.74 Å². The average molecular weight is 373 g/mol. The third-order valence-electron chi connectivity index (χ3n) is 6.11. The van der Waals surface area contributed by atoms with Gasteiger partial charge in [0.1, 0.15) is 5.75 Å². The number of para-hydroxylation sites is 1. The Balaban J connectivity index is 1.42. The van der Waals surface area contributed by atoms with E-state index in [1.165, 1.54) is 4.90 Å². The molecule has 5 nitrogen and oxygen atoms in total. The molecule has 2 aliphatic carbocycles. The Morgan fingerprint density at radius 3 is 2.32 bits per heavy atom. The van der Waals surface area contributed by atoms with E-state index in [1.807, 2.05) is 19.1 Å². The van der Waals surface area contributed by atoms with Crippen molar-refractivity contribution in [3.63, 3.8) is 0 Å². The molecular weight excluding hydrogens is 354 g/mol. The van der Waals surface area contributed by atoms with Crippen molar-refractivity contribution in [1.82, 2.24) is 0 Å². The van der Waals surface area contributed by atoms with Crippen LogP contribution in [0.25, 0.3) is 0 Å². The summed E-state index contributed by atoms with van der Waals surface area (Å²) in [5.41, 5.74) is 1.59. The summed E-state index contributed by atoms with van der Waals surface area (Å²) in [6.07, 6.45) is 5.02. The van der Waals surface area contributed by atoms with Crippen LogP contribution in [0.15, 0.2) is 60.7 Å². The van der Waals surface area contributed by atoms with Crippen molar-refractivity contribution >= 4 is 23.5 Å². The summed E-state index contributed by atoms with van der Waals surface area (Å²) in [7, 11) is 0. The van der Waals surface area contributed by atoms with E-state index in [0.29, 0.717) is 17.0 Å². The number of carbonyl (C=O) groups is 3. The van der Waals surface area contributed by atoms with Gasteiger partial charge in [-0.15, -0.1) is 0 Å². The first-order valence-corrected chi connectivity index (χ1v) is 9.48. The van der Waals surface area contributed by atoms with Gasteiger partial charge in [-0.1, -0.05) is 36.4 Å². The summed E-state index contributed by atoms with van der Waals surface area (Å²) in [4.78, 5) is 39.8. The summed E-state index contributed by atoms with van der Waals surface area (Å²) in [5.74, 6) is -0.542. The molecule has 2 amide bonds. The molecule has 5 rings (SSSR count). The number of amides is 2. The van der Waals surface area contributed by atoms with E-state index in [-0.39, 0.29) is 35.5 Å². The lowest BCUT2D eigenvalue weighted by Gasteiger charge is -2.18. The number of allylic oxidation sites excluding steroid dienone is 2. The lowest BCUT2D eigenvalue weighted by atomic mass is 9.85. The zero-order valence-electron chi connectivity index (χ0n) is 15.4. The number of fused-ring (bicyclic) bond motifs is 5. The zero-order chi connectivity index (χ0) is 19.4. The van der Waals surface area contributed by atoms with E-state index in [1.54, 1.807) is 36.4 Å². The first-order chi connectivity index (χ1) is 13.5. The molecule has 3 aliphatic rings. The van der Waals surface area contributed by atoms with Gasteiger partial charge in [-0.25, -0.2) is 9.69 Å². The van der Waals surface area contributed by atoms with E-state index in [0.717, 1.165) is 12.0 Å². The Morgan fingerprint density at radius 2 is 1.64 bits per heavy atom. The van der Waals surface area contributed by atoms with Crippen LogP contribution in [0.5, 0.6) is 5.75 Å². The summed E-state index contributed by atoms with van der Waals surface area (Å²) in [5, 5.41) is 0. The second-order valence-electron chi connectivity index (χ2n) is 7.72. The molecule has 1 aliphatic heterocycles. The fourth-order valence-corrected chi connectivity index (χ4v) is 4.76. The second-order valence-corrected chi connectivity index (χ2v) is 7.72. The Labute approximate surface area is 162 Å². The smallest absolute Gasteiger partial charge is 0.343 e. The monoisotopic (exact) mass is 373 g/mol. The number of carbonyl (C=O) groups excluding carboxylic acids is 3. The molecule has 5 heteroatoms. The number of ether oxygens (including phenoxy) is 1. The molecule has 2 fully saturated rings. The number of benzene rings is 2. The predicted molar refractivity (Wildman–Crippen MR) is 103 cm³/mol. The SMILES string of the molecule is Cc1ccccc1OC(=O)c1cccc(N2C(=O)C3C4C=CC(C4)C3C2=O)c1. The third kappa shape index (κ3) is 2.43. The minimum atomic E-state index is -0.517. The summed E-state index contributed by atoms with van der Waals surface area (Å²) in [6.45, 7) is 1.86. The number of aryl methyl sites for hydroxylation is 1. The second kappa shape index (κ2) is 6.16. The van der Waals surface area contributed by atoms with Gasteiger partial charge in [0.05, 0.1) is 23.1 Å². The van der Waals surface area contributed by atoms with Crippen molar-refractivity contribution in [3.8, 4) is 5.75 Å². The van der Waals surface area contributed by atoms with Gasteiger partial charge < -0.3 is 4.74 Å². The van der Waals surface area contributed by atoms with Crippen molar-refractivity contribution in [2.24, 2.45) is 23.7 Å². The maximum absolute atomic E-state index is 13.0. The number of imide groups is 1. The quantitative estimate of drug-likeness (QED) is 0.357. The van der Waals surface area contributed by atoms with Crippen molar-refractivity contribution in [2.45, 2.75) is 13.3 Å². The topological polar surface area (TPSA) is 63.7 Å². The van der Waals surface area contributed by atoms with Crippen LogP contribution in [0.4, 0.5) is 5.69 Å². The zero-order valence-corrected chi connectivity index (χ0v) is 15.4. The Morgan fingerprint density at radius 1 is 0.964 bits per heavy atom. The summed E-state index contributed by atoms with van der Waals surface area (Å²) >= 11 is 0. The molecule has 28 heavy (non-hydrogen) atoms. The highest BCUT2D eigenvalue weighted by molar-refractivity contribution is 6.23. The minimum absolute atomic E-state index is 0.156. The molecular formula is C23H19NO4. The van der Waals surface area contributed by atoms with Crippen molar-refractivity contribution < 1.29 is 19.1 Å². The van der Waals surface area contributed by atoms with Gasteiger partial charge >= 0.3 is 5.97 Å². The number of rotatable bonds is 3. The van der Waals surface area contributed by atoms with Crippen LogP contribution in [-0.2, 0) is 9.59 Å². The highest BCUT2D eigenvalue weighted by Crippen LogP contribution is 2.53. The van der Waals surface area contributed by atoms with Crippen LogP contribution in [-0.4, -0.2) is 17.8 Å². The Bertz CT molecular complexity index is 1010. The van der Waals surface area contributed by atoms with Crippen LogP contribution in [0.3, 0.4) is 0 Å². The predicted octanol–water partition coefficient (Wildman–Crippen LogP) is 3.53. The summed E-state index contributed by atoms with van der Waals surface area (Å²) in [6, 6.07) is 13.8. The highest BCUT2D eigenvalue weighted by Gasteiger charge is 2.59. The highest BCUT2D eigenvalue weighted by atomic mass is 16.5. The van der Waals surface area contributed by atoms with Crippen molar-refractivity contribution in [1.29, 1.82) is 0 Å². The molecule has 0 N–H and O–H groups in total.